The van der Waals surface area contributed by atoms with E-state index in [0.717, 1.165) is 17.5 Å². The predicted molar refractivity (Wildman–Crippen MR) is 79.8 cm³/mol. The molecule has 3 nitrogen and oxygen atoms in total. The maximum Gasteiger partial charge on any atom is 0.0890 e. The smallest absolute Gasteiger partial charge is 0.0890 e. The monoisotopic (exact) mass is 257 g/mol. The first-order valence-electron chi connectivity index (χ1n) is 7.27. The average Bonchev–Trinajstić information content (AvgIpc) is 2.46. The van der Waals surface area contributed by atoms with Crippen molar-refractivity contribution in [3.05, 3.63) is 36.2 Å². The van der Waals surface area contributed by atoms with Crippen LogP contribution in [0.3, 0.4) is 0 Å². The Kier molecular flexibility index (Phi) is 5.28. The summed E-state index contributed by atoms with van der Waals surface area (Å²) < 4.78 is 0. The van der Waals surface area contributed by atoms with Crippen molar-refractivity contribution in [1.29, 1.82) is 0 Å². The Morgan fingerprint density at radius 1 is 1.00 bits per heavy atom. The Hall–Kier alpha value is -1.48. The van der Waals surface area contributed by atoms with Crippen LogP contribution in [0, 0.1) is 0 Å². The summed E-state index contributed by atoms with van der Waals surface area (Å²) in [6.07, 6.45) is 10.9. The van der Waals surface area contributed by atoms with E-state index in [0.29, 0.717) is 0 Å². The highest BCUT2D eigenvalue weighted by molar-refractivity contribution is 5.74. The summed E-state index contributed by atoms with van der Waals surface area (Å²) in [5, 5.41) is 0. The van der Waals surface area contributed by atoms with Gasteiger partial charge in [-0.2, -0.15) is 0 Å². The van der Waals surface area contributed by atoms with Crippen LogP contribution in [0.25, 0.3) is 11.0 Å². The topological polar surface area (TPSA) is 51.8 Å². The van der Waals surface area contributed by atoms with E-state index >= 15 is 0 Å². The fourth-order valence-corrected chi connectivity index (χ4v) is 2.35. The van der Waals surface area contributed by atoms with Crippen molar-refractivity contribution in [3.63, 3.8) is 0 Å². The van der Waals surface area contributed by atoms with E-state index < -0.39 is 0 Å². The highest BCUT2D eigenvalue weighted by Gasteiger charge is 2.07. The van der Waals surface area contributed by atoms with Crippen LogP contribution in [0.15, 0.2) is 30.6 Å². The molecule has 2 N–H and O–H groups in total. The van der Waals surface area contributed by atoms with Crippen molar-refractivity contribution in [1.82, 2.24) is 9.97 Å². The van der Waals surface area contributed by atoms with E-state index in [4.69, 9.17) is 5.73 Å². The highest BCUT2D eigenvalue weighted by atomic mass is 14.8. The maximum atomic E-state index is 6.25. The zero-order valence-electron chi connectivity index (χ0n) is 11.7. The fraction of sp³-hybridized carbons (Fsp3) is 0.500. The second kappa shape index (κ2) is 7.19. The number of rotatable bonds is 7. The van der Waals surface area contributed by atoms with Crippen LogP contribution >= 0.6 is 0 Å². The third-order valence-electron chi connectivity index (χ3n) is 3.54. The first-order valence-corrected chi connectivity index (χ1v) is 7.27. The quantitative estimate of drug-likeness (QED) is 0.763. The van der Waals surface area contributed by atoms with Gasteiger partial charge in [-0.25, -0.2) is 0 Å². The van der Waals surface area contributed by atoms with E-state index in [9.17, 15) is 0 Å². The third-order valence-corrected chi connectivity index (χ3v) is 3.54. The SMILES string of the molecule is CCCCCCCC(N)c1ccc2nccnc2c1. The van der Waals surface area contributed by atoms with Gasteiger partial charge in [0.05, 0.1) is 11.0 Å². The van der Waals surface area contributed by atoms with Gasteiger partial charge in [-0.15, -0.1) is 0 Å². The van der Waals surface area contributed by atoms with Gasteiger partial charge < -0.3 is 5.73 Å². The number of aromatic nitrogens is 2. The minimum Gasteiger partial charge on any atom is -0.324 e. The molecule has 1 heterocycles. The molecule has 0 aliphatic carbocycles. The number of unbranched alkanes of at least 4 members (excludes halogenated alkanes) is 4. The van der Waals surface area contributed by atoms with Crippen molar-refractivity contribution >= 4 is 11.0 Å². The number of fused-ring (bicyclic) bond motifs is 1. The van der Waals surface area contributed by atoms with Gasteiger partial charge in [-0.3, -0.25) is 9.97 Å². The lowest BCUT2D eigenvalue weighted by Crippen LogP contribution is -2.10. The highest BCUT2D eigenvalue weighted by Crippen LogP contribution is 2.20. The standard InChI is InChI=1S/C16H23N3/c1-2-3-4-5-6-7-14(17)13-8-9-15-16(12-13)19-11-10-18-15/h8-12,14H,2-7,17H2,1H3. The van der Waals surface area contributed by atoms with Crippen LogP contribution in [-0.2, 0) is 0 Å². The molecule has 1 unspecified atom stereocenters. The zero-order valence-corrected chi connectivity index (χ0v) is 11.7. The van der Waals surface area contributed by atoms with Gasteiger partial charge in [0.25, 0.3) is 0 Å². The van der Waals surface area contributed by atoms with Crippen molar-refractivity contribution in [2.24, 2.45) is 5.73 Å². The molecule has 1 aromatic carbocycles. The van der Waals surface area contributed by atoms with Gasteiger partial charge >= 0.3 is 0 Å². The van der Waals surface area contributed by atoms with E-state index in [2.05, 4.69) is 29.0 Å². The number of benzene rings is 1. The molecule has 1 aromatic heterocycles. The van der Waals surface area contributed by atoms with Gasteiger partial charge in [0.15, 0.2) is 0 Å². The number of hydrogen-bond acceptors (Lipinski definition) is 3. The second-order valence-corrected chi connectivity index (χ2v) is 5.11. The Balaban J connectivity index is 1.91. The molecule has 0 spiro atoms. The van der Waals surface area contributed by atoms with Crippen molar-refractivity contribution in [2.45, 2.75) is 51.5 Å². The number of nitrogens with two attached hydrogens (primary N) is 1. The predicted octanol–water partition coefficient (Wildman–Crippen LogP) is 3.99. The minimum absolute atomic E-state index is 0.119. The van der Waals surface area contributed by atoms with Crippen LogP contribution in [-0.4, -0.2) is 9.97 Å². The molecule has 0 saturated heterocycles. The van der Waals surface area contributed by atoms with Gasteiger partial charge in [-0.1, -0.05) is 45.1 Å². The minimum atomic E-state index is 0.119. The van der Waals surface area contributed by atoms with Crippen LogP contribution in [0.4, 0.5) is 0 Å². The van der Waals surface area contributed by atoms with Crippen molar-refractivity contribution < 1.29 is 0 Å². The molecular formula is C16H23N3. The third kappa shape index (κ3) is 4.00. The molecule has 0 amide bonds. The van der Waals surface area contributed by atoms with E-state index in [1.807, 2.05) is 6.07 Å². The fourth-order valence-electron chi connectivity index (χ4n) is 2.35. The summed E-state index contributed by atoms with van der Waals surface area (Å²) in [5.74, 6) is 0. The summed E-state index contributed by atoms with van der Waals surface area (Å²) in [7, 11) is 0. The van der Waals surface area contributed by atoms with Crippen LogP contribution in [0.1, 0.15) is 57.1 Å². The molecule has 0 saturated carbocycles. The summed E-state index contributed by atoms with van der Waals surface area (Å²) in [5.41, 5.74) is 9.29. The van der Waals surface area contributed by atoms with Gasteiger partial charge in [-0.05, 0) is 24.1 Å². The normalized spacial score (nSPS) is 12.7. The van der Waals surface area contributed by atoms with Crippen molar-refractivity contribution in [3.8, 4) is 0 Å². The van der Waals surface area contributed by atoms with Gasteiger partial charge in [0.1, 0.15) is 0 Å². The van der Waals surface area contributed by atoms with Crippen molar-refractivity contribution in [2.75, 3.05) is 0 Å². The van der Waals surface area contributed by atoms with E-state index in [1.165, 1.54) is 37.7 Å². The van der Waals surface area contributed by atoms with Crippen LogP contribution < -0.4 is 5.73 Å². The molecule has 2 rings (SSSR count). The molecule has 0 fully saturated rings. The molecule has 3 heteroatoms. The lowest BCUT2D eigenvalue weighted by molar-refractivity contribution is 0.555. The first kappa shape index (κ1) is 13.9. The number of nitrogens with zero attached hydrogens (tertiary/aromatic N) is 2. The molecular weight excluding hydrogens is 234 g/mol. The van der Waals surface area contributed by atoms with Gasteiger partial charge in [0.2, 0.25) is 0 Å². The lowest BCUT2D eigenvalue weighted by Gasteiger charge is -2.12. The largest absolute Gasteiger partial charge is 0.324 e. The lowest BCUT2D eigenvalue weighted by atomic mass is 10.00. The molecule has 19 heavy (non-hydrogen) atoms. The Bertz CT molecular complexity index is 510. The zero-order chi connectivity index (χ0) is 13.5. The second-order valence-electron chi connectivity index (χ2n) is 5.11. The number of hydrogen-bond donors (Lipinski definition) is 1. The summed E-state index contributed by atoms with van der Waals surface area (Å²) in [4.78, 5) is 8.60. The summed E-state index contributed by atoms with van der Waals surface area (Å²) >= 11 is 0. The Morgan fingerprint density at radius 2 is 1.74 bits per heavy atom. The maximum absolute atomic E-state index is 6.25. The molecule has 0 bridgehead atoms. The molecule has 1 atom stereocenters. The van der Waals surface area contributed by atoms with Crippen LogP contribution in [0.5, 0.6) is 0 Å². The molecule has 0 aliphatic heterocycles. The molecule has 0 aliphatic rings. The van der Waals surface area contributed by atoms with E-state index in [-0.39, 0.29) is 6.04 Å². The van der Waals surface area contributed by atoms with Crippen LogP contribution in [0.2, 0.25) is 0 Å². The first-order chi connectivity index (χ1) is 9.31. The molecule has 0 radical (unpaired) electrons. The Morgan fingerprint density at radius 3 is 2.53 bits per heavy atom. The molecule has 102 valence electrons. The molecule has 2 aromatic rings. The summed E-state index contributed by atoms with van der Waals surface area (Å²) in [6.45, 7) is 2.24. The Labute approximate surface area is 115 Å². The average molecular weight is 257 g/mol. The van der Waals surface area contributed by atoms with Gasteiger partial charge in [0, 0.05) is 18.4 Å². The summed E-state index contributed by atoms with van der Waals surface area (Å²) in [6, 6.07) is 6.27. The van der Waals surface area contributed by atoms with E-state index in [1.54, 1.807) is 12.4 Å².